The molecule has 1 aromatic carbocycles. The number of urea groups is 1. The van der Waals surface area contributed by atoms with E-state index in [1.165, 1.54) is 0 Å². The minimum Gasteiger partial charge on any atom is -0.490 e. The standard InChI is InChI=1S/C21H25N5O2/c1-25-19-5-3-2-4-18(19)24-20(25)8-13-23-21(27)26-14-9-17(10-15-26)28-16-6-11-22-12-7-16/h2-7,11-12,17H,8-10,13-15H2,1H3,(H,23,27). The number of likely N-dealkylation sites (tertiary alicyclic amines) is 1. The second-order valence-electron chi connectivity index (χ2n) is 7.04. The number of hydrogen-bond acceptors (Lipinski definition) is 4. The summed E-state index contributed by atoms with van der Waals surface area (Å²) < 4.78 is 8.04. The number of benzene rings is 1. The van der Waals surface area contributed by atoms with Gasteiger partial charge in [0.2, 0.25) is 0 Å². The first-order valence-corrected chi connectivity index (χ1v) is 9.70. The molecule has 0 bridgehead atoms. The van der Waals surface area contributed by atoms with E-state index in [0.717, 1.165) is 35.4 Å². The lowest BCUT2D eigenvalue weighted by atomic mass is 10.1. The highest BCUT2D eigenvalue weighted by atomic mass is 16.5. The van der Waals surface area contributed by atoms with Crippen LogP contribution in [-0.2, 0) is 13.5 Å². The summed E-state index contributed by atoms with van der Waals surface area (Å²) in [6.45, 7) is 1.98. The van der Waals surface area contributed by atoms with Crippen molar-refractivity contribution in [1.29, 1.82) is 0 Å². The van der Waals surface area contributed by atoms with Gasteiger partial charge in [0.15, 0.2) is 0 Å². The van der Waals surface area contributed by atoms with Crippen molar-refractivity contribution in [1.82, 2.24) is 24.8 Å². The van der Waals surface area contributed by atoms with E-state index in [0.29, 0.717) is 26.1 Å². The largest absolute Gasteiger partial charge is 0.490 e. The number of carbonyl (C=O) groups excluding carboxylic acids is 1. The van der Waals surface area contributed by atoms with E-state index in [1.807, 2.05) is 42.3 Å². The molecular formula is C21H25N5O2. The van der Waals surface area contributed by atoms with Gasteiger partial charge in [0, 0.05) is 58.3 Å². The molecule has 0 radical (unpaired) electrons. The van der Waals surface area contributed by atoms with Crippen molar-refractivity contribution in [3.63, 3.8) is 0 Å². The normalized spacial score (nSPS) is 15.0. The van der Waals surface area contributed by atoms with Gasteiger partial charge in [-0.3, -0.25) is 4.98 Å². The molecule has 146 valence electrons. The van der Waals surface area contributed by atoms with E-state index in [9.17, 15) is 4.79 Å². The van der Waals surface area contributed by atoms with Gasteiger partial charge in [-0.1, -0.05) is 12.1 Å². The van der Waals surface area contributed by atoms with Crippen molar-refractivity contribution in [2.24, 2.45) is 7.05 Å². The maximum Gasteiger partial charge on any atom is 0.317 e. The Bertz CT molecular complexity index is 932. The SMILES string of the molecule is Cn1c(CCNC(=O)N2CCC(Oc3ccncc3)CC2)nc2ccccc21. The number of ether oxygens (including phenoxy) is 1. The Hall–Kier alpha value is -3.09. The molecule has 1 N–H and O–H groups in total. The number of amides is 2. The minimum atomic E-state index is -0.0128. The molecular weight excluding hydrogens is 354 g/mol. The Kier molecular flexibility index (Phi) is 5.41. The van der Waals surface area contributed by atoms with Crippen LogP contribution in [0.4, 0.5) is 4.79 Å². The predicted octanol–water partition coefficient (Wildman–Crippen LogP) is 2.76. The molecule has 3 aromatic rings. The van der Waals surface area contributed by atoms with Crippen LogP contribution >= 0.6 is 0 Å². The van der Waals surface area contributed by atoms with E-state index >= 15 is 0 Å². The van der Waals surface area contributed by atoms with Crippen LogP contribution in [0.2, 0.25) is 0 Å². The van der Waals surface area contributed by atoms with Gasteiger partial charge in [0.05, 0.1) is 11.0 Å². The van der Waals surface area contributed by atoms with Gasteiger partial charge in [0.25, 0.3) is 0 Å². The first-order chi connectivity index (χ1) is 13.7. The predicted molar refractivity (Wildman–Crippen MR) is 107 cm³/mol. The summed E-state index contributed by atoms with van der Waals surface area (Å²) in [5.41, 5.74) is 2.10. The van der Waals surface area contributed by atoms with E-state index in [-0.39, 0.29) is 12.1 Å². The lowest BCUT2D eigenvalue weighted by molar-refractivity contribution is 0.111. The first kappa shape index (κ1) is 18.3. The van der Waals surface area contributed by atoms with Gasteiger partial charge in [-0.15, -0.1) is 0 Å². The number of nitrogens with one attached hydrogen (secondary N) is 1. The number of aryl methyl sites for hydroxylation is 1. The number of piperidine rings is 1. The summed E-state index contributed by atoms with van der Waals surface area (Å²) >= 11 is 0. The Balaban J connectivity index is 1.23. The highest BCUT2D eigenvalue weighted by Gasteiger charge is 2.23. The van der Waals surface area contributed by atoms with E-state index in [4.69, 9.17) is 4.74 Å². The van der Waals surface area contributed by atoms with E-state index in [2.05, 4.69) is 25.9 Å². The molecule has 1 fully saturated rings. The van der Waals surface area contributed by atoms with Gasteiger partial charge in [-0.25, -0.2) is 9.78 Å². The quantitative estimate of drug-likeness (QED) is 0.740. The summed E-state index contributed by atoms with van der Waals surface area (Å²) in [4.78, 5) is 23.0. The number of nitrogens with zero attached hydrogens (tertiary/aromatic N) is 4. The van der Waals surface area contributed by atoms with Gasteiger partial charge in [-0.2, -0.15) is 0 Å². The number of hydrogen-bond donors (Lipinski definition) is 1. The van der Waals surface area contributed by atoms with Crippen LogP contribution in [-0.4, -0.2) is 51.2 Å². The third-order valence-electron chi connectivity index (χ3n) is 5.19. The van der Waals surface area contributed by atoms with Crippen molar-refractivity contribution in [3.8, 4) is 5.75 Å². The van der Waals surface area contributed by atoms with Crippen molar-refractivity contribution < 1.29 is 9.53 Å². The van der Waals surface area contributed by atoms with Crippen LogP contribution in [0.3, 0.4) is 0 Å². The van der Waals surface area contributed by atoms with Crippen LogP contribution in [0.15, 0.2) is 48.8 Å². The lowest BCUT2D eigenvalue weighted by Gasteiger charge is -2.32. The molecule has 2 aromatic heterocycles. The van der Waals surface area contributed by atoms with Crippen molar-refractivity contribution in [3.05, 3.63) is 54.6 Å². The van der Waals surface area contributed by atoms with Crippen molar-refractivity contribution in [2.45, 2.75) is 25.4 Å². The molecule has 4 rings (SSSR count). The Morgan fingerprint density at radius 2 is 1.93 bits per heavy atom. The summed E-state index contributed by atoms with van der Waals surface area (Å²) in [6, 6.07) is 11.8. The summed E-state index contributed by atoms with van der Waals surface area (Å²) in [6.07, 6.45) is 5.97. The monoisotopic (exact) mass is 379 g/mol. The molecule has 0 unspecified atom stereocenters. The number of imidazole rings is 1. The van der Waals surface area contributed by atoms with Gasteiger partial charge >= 0.3 is 6.03 Å². The molecule has 7 nitrogen and oxygen atoms in total. The first-order valence-electron chi connectivity index (χ1n) is 9.70. The van der Waals surface area contributed by atoms with Crippen LogP contribution in [0.1, 0.15) is 18.7 Å². The third-order valence-corrected chi connectivity index (χ3v) is 5.19. The molecule has 2 amide bonds. The van der Waals surface area contributed by atoms with Crippen LogP contribution in [0, 0.1) is 0 Å². The lowest BCUT2D eigenvalue weighted by Crippen LogP contribution is -2.47. The number of aromatic nitrogens is 3. The summed E-state index contributed by atoms with van der Waals surface area (Å²) in [7, 11) is 2.01. The van der Waals surface area contributed by atoms with Gasteiger partial charge < -0.3 is 19.5 Å². The second-order valence-corrected chi connectivity index (χ2v) is 7.04. The maximum absolute atomic E-state index is 12.4. The molecule has 1 aliphatic heterocycles. The van der Waals surface area contributed by atoms with E-state index in [1.54, 1.807) is 12.4 Å². The second kappa shape index (κ2) is 8.29. The molecule has 3 heterocycles. The number of fused-ring (bicyclic) bond motifs is 1. The highest BCUT2D eigenvalue weighted by Crippen LogP contribution is 2.18. The van der Waals surface area contributed by atoms with Crippen LogP contribution in [0.25, 0.3) is 11.0 Å². The fourth-order valence-corrected chi connectivity index (χ4v) is 3.60. The van der Waals surface area contributed by atoms with Gasteiger partial charge in [0.1, 0.15) is 17.7 Å². The molecule has 0 aliphatic carbocycles. The highest BCUT2D eigenvalue weighted by molar-refractivity contribution is 5.76. The Labute approximate surface area is 164 Å². The fourth-order valence-electron chi connectivity index (χ4n) is 3.60. The zero-order valence-corrected chi connectivity index (χ0v) is 16.0. The summed E-state index contributed by atoms with van der Waals surface area (Å²) in [5, 5.41) is 3.02. The zero-order valence-electron chi connectivity index (χ0n) is 16.0. The Morgan fingerprint density at radius 3 is 2.68 bits per heavy atom. The molecule has 28 heavy (non-hydrogen) atoms. The van der Waals surface area contributed by atoms with E-state index < -0.39 is 0 Å². The molecule has 0 atom stereocenters. The molecule has 0 saturated carbocycles. The third kappa shape index (κ3) is 4.08. The van der Waals surface area contributed by atoms with Gasteiger partial charge in [-0.05, 0) is 24.3 Å². The number of carbonyl (C=O) groups is 1. The average Bonchev–Trinajstić information content (AvgIpc) is 3.05. The minimum absolute atomic E-state index is 0.0128. The molecule has 1 aliphatic rings. The fraction of sp³-hybridized carbons (Fsp3) is 0.381. The molecule has 1 saturated heterocycles. The van der Waals surface area contributed by atoms with Crippen LogP contribution in [0.5, 0.6) is 5.75 Å². The average molecular weight is 379 g/mol. The number of pyridine rings is 1. The van der Waals surface area contributed by atoms with Crippen molar-refractivity contribution >= 4 is 17.1 Å². The Morgan fingerprint density at radius 1 is 1.18 bits per heavy atom. The zero-order chi connectivity index (χ0) is 19.3. The molecule has 7 heteroatoms. The summed E-state index contributed by atoms with van der Waals surface area (Å²) in [5.74, 6) is 1.81. The number of rotatable bonds is 5. The topological polar surface area (TPSA) is 72.3 Å². The smallest absolute Gasteiger partial charge is 0.317 e. The number of para-hydroxylation sites is 2. The molecule has 0 spiro atoms. The maximum atomic E-state index is 12.4. The van der Waals surface area contributed by atoms with Crippen molar-refractivity contribution in [2.75, 3.05) is 19.6 Å². The van der Waals surface area contributed by atoms with Crippen LogP contribution < -0.4 is 10.1 Å².